The molecule has 0 radical (unpaired) electrons. The number of hydrogen-bond acceptors (Lipinski definition) is 3. The fourth-order valence-electron chi connectivity index (χ4n) is 3.55. The van der Waals surface area contributed by atoms with Crippen molar-refractivity contribution in [2.24, 2.45) is 0 Å². The molecule has 2 atom stereocenters. The van der Waals surface area contributed by atoms with Gasteiger partial charge in [-0.25, -0.2) is 4.98 Å². The van der Waals surface area contributed by atoms with E-state index in [1.165, 1.54) is 31.5 Å². The Bertz CT molecular complexity index is 494. The largest absolute Gasteiger partial charge is 0.349 e. The van der Waals surface area contributed by atoms with Gasteiger partial charge in [0.05, 0.1) is 5.56 Å². The van der Waals surface area contributed by atoms with Gasteiger partial charge in [0.25, 0.3) is 5.91 Å². The summed E-state index contributed by atoms with van der Waals surface area (Å²) in [6, 6.07) is 4.31. The van der Waals surface area contributed by atoms with E-state index in [1.807, 2.05) is 0 Å². The molecule has 0 spiro atoms. The Labute approximate surface area is 118 Å². The van der Waals surface area contributed by atoms with Crippen LogP contribution in [0.2, 0.25) is 0 Å². The Hall–Kier alpha value is -1.49. The number of hydrogen-bond donors (Lipinski definition) is 1. The molecule has 108 valence electrons. The van der Waals surface area contributed by atoms with Crippen molar-refractivity contribution in [3.8, 4) is 0 Å². The summed E-state index contributed by atoms with van der Waals surface area (Å²) in [6.07, 6.45) is 6.94. The zero-order chi connectivity index (χ0) is 14.1. The second-order valence-electron chi connectivity index (χ2n) is 5.89. The second kappa shape index (κ2) is 5.48. The van der Waals surface area contributed by atoms with E-state index in [0.29, 0.717) is 12.1 Å². The highest BCUT2D eigenvalue weighted by Crippen LogP contribution is 2.32. The maximum atomic E-state index is 13.5. The monoisotopic (exact) mass is 277 g/mol. The lowest BCUT2D eigenvalue weighted by atomic mass is 9.82. The third kappa shape index (κ3) is 2.54. The highest BCUT2D eigenvalue weighted by Gasteiger charge is 2.36. The number of carbonyl (C=O) groups is 1. The van der Waals surface area contributed by atoms with E-state index in [-0.39, 0.29) is 17.5 Å². The fraction of sp³-hybridized carbons (Fsp3) is 0.600. The topological polar surface area (TPSA) is 45.2 Å². The molecule has 1 N–H and O–H groups in total. The number of nitrogens with one attached hydrogen (secondary N) is 1. The number of amides is 1. The van der Waals surface area contributed by atoms with E-state index >= 15 is 0 Å². The lowest BCUT2D eigenvalue weighted by Crippen LogP contribution is -2.55. The van der Waals surface area contributed by atoms with Crippen molar-refractivity contribution in [2.75, 3.05) is 7.05 Å². The predicted octanol–water partition coefficient (Wildman–Crippen LogP) is 1.97. The van der Waals surface area contributed by atoms with E-state index in [9.17, 15) is 9.18 Å². The second-order valence-corrected chi connectivity index (χ2v) is 5.89. The number of piperidine rings is 2. The van der Waals surface area contributed by atoms with Gasteiger partial charge in [0.1, 0.15) is 0 Å². The van der Waals surface area contributed by atoms with Gasteiger partial charge in [-0.2, -0.15) is 4.39 Å². The van der Waals surface area contributed by atoms with E-state index < -0.39 is 5.95 Å². The molecule has 4 nitrogen and oxygen atoms in total. The van der Waals surface area contributed by atoms with Crippen LogP contribution in [0.25, 0.3) is 0 Å². The van der Waals surface area contributed by atoms with Crippen LogP contribution in [0, 0.1) is 5.95 Å². The molecule has 3 heterocycles. The summed E-state index contributed by atoms with van der Waals surface area (Å²) in [5.74, 6) is -1.04. The van der Waals surface area contributed by atoms with Crippen LogP contribution in [-0.4, -0.2) is 41.0 Å². The summed E-state index contributed by atoms with van der Waals surface area (Å²) in [5.41, 5.74) is 0.0385. The molecule has 5 heteroatoms. The van der Waals surface area contributed by atoms with E-state index in [2.05, 4.69) is 22.2 Å². The first-order valence-electron chi connectivity index (χ1n) is 7.28. The Morgan fingerprint density at radius 1 is 1.40 bits per heavy atom. The minimum atomic E-state index is -0.696. The van der Waals surface area contributed by atoms with Crippen LogP contribution < -0.4 is 5.32 Å². The molecular weight excluding hydrogens is 257 g/mol. The van der Waals surface area contributed by atoms with Crippen LogP contribution in [0.3, 0.4) is 0 Å². The highest BCUT2D eigenvalue weighted by molar-refractivity contribution is 5.94. The van der Waals surface area contributed by atoms with Gasteiger partial charge in [0.2, 0.25) is 5.95 Å². The van der Waals surface area contributed by atoms with Crippen LogP contribution in [0.1, 0.15) is 42.5 Å². The van der Waals surface area contributed by atoms with Gasteiger partial charge in [0.15, 0.2) is 0 Å². The summed E-state index contributed by atoms with van der Waals surface area (Å²) in [5, 5.41) is 2.98. The summed E-state index contributed by atoms with van der Waals surface area (Å²) < 4.78 is 13.5. The van der Waals surface area contributed by atoms with Crippen molar-refractivity contribution in [3.05, 3.63) is 29.8 Å². The Kier molecular flexibility index (Phi) is 3.70. The highest BCUT2D eigenvalue weighted by atomic mass is 19.1. The molecule has 0 aromatic carbocycles. The molecule has 1 aromatic rings. The molecule has 2 fully saturated rings. The number of halogens is 1. The first-order chi connectivity index (χ1) is 9.65. The zero-order valence-corrected chi connectivity index (χ0v) is 11.7. The summed E-state index contributed by atoms with van der Waals surface area (Å²) in [7, 11) is 2.17. The van der Waals surface area contributed by atoms with Crippen LogP contribution in [0.15, 0.2) is 18.3 Å². The minimum Gasteiger partial charge on any atom is -0.349 e. The molecule has 0 aliphatic carbocycles. The Balaban J connectivity index is 1.67. The molecule has 2 bridgehead atoms. The van der Waals surface area contributed by atoms with Crippen LogP contribution >= 0.6 is 0 Å². The number of pyridine rings is 1. The molecule has 2 unspecified atom stereocenters. The molecule has 20 heavy (non-hydrogen) atoms. The third-order valence-corrected chi connectivity index (χ3v) is 4.68. The van der Waals surface area contributed by atoms with E-state index in [4.69, 9.17) is 0 Å². The number of rotatable bonds is 2. The van der Waals surface area contributed by atoms with Gasteiger partial charge < -0.3 is 10.2 Å². The number of aromatic nitrogens is 1. The van der Waals surface area contributed by atoms with Gasteiger partial charge >= 0.3 is 0 Å². The van der Waals surface area contributed by atoms with Crippen LogP contribution in [0.5, 0.6) is 0 Å². The van der Waals surface area contributed by atoms with E-state index in [1.54, 1.807) is 6.07 Å². The first kappa shape index (κ1) is 13.5. The van der Waals surface area contributed by atoms with Crippen molar-refractivity contribution in [1.82, 2.24) is 15.2 Å². The van der Waals surface area contributed by atoms with Gasteiger partial charge in [-0.05, 0) is 44.9 Å². The fourth-order valence-corrected chi connectivity index (χ4v) is 3.55. The summed E-state index contributed by atoms with van der Waals surface area (Å²) in [6.45, 7) is 0. The summed E-state index contributed by atoms with van der Waals surface area (Å²) >= 11 is 0. The molecule has 1 amide bonds. The summed E-state index contributed by atoms with van der Waals surface area (Å²) in [4.78, 5) is 18.1. The van der Waals surface area contributed by atoms with Crippen LogP contribution in [-0.2, 0) is 0 Å². The van der Waals surface area contributed by atoms with Gasteiger partial charge in [-0.15, -0.1) is 0 Å². The van der Waals surface area contributed by atoms with Crippen LogP contribution in [0.4, 0.5) is 4.39 Å². The molecular formula is C15H20FN3O. The normalized spacial score (nSPS) is 30.0. The number of fused-ring (bicyclic) bond motifs is 2. The predicted molar refractivity (Wildman–Crippen MR) is 73.9 cm³/mol. The number of carbonyl (C=O) groups excluding carboxylic acids is 1. The quantitative estimate of drug-likeness (QED) is 0.841. The lowest BCUT2D eigenvalue weighted by Gasteiger charge is -2.47. The van der Waals surface area contributed by atoms with Gasteiger partial charge in [-0.3, -0.25) is 4.79 Å². The molecule has 0 saturated carbocycles. The standard InChI is InChI=1S/C15H20FN3O/c1-19-11-4-2-5-12(19)9-10(8-11)18-15(20)13-6-3-7-17-14(13)16/h3,6-7,10-12H,2,4-5,8-9H2,1H3,(H,18,20). The Morgan fingerprint density at radius 3 is 2.75 bits per heavy atom. The molecule has 2 aliphatic heterocycles. The zero-order valence-electron chi connectivity index (χ0n) is 11.7. The minimum absolute atomic E-state index is 0.0385. The van der Waals surface area contributed by atoms with Crippen molar-refractivity contribution < 1.29 is 9.18 Å². The number of nitrogens with zero attached hydrogens (tertiary/aromatic N) is 2. The Morgan fingerprint density at radius 2 is 2.10 bits per heavy atom. The van der Waals surface area contributed by atoms with Gasteiger partial charge in [-0.1, -0.05) is 6.42 Å². The average molecular weight is 277 g/mol. The maximum absolute atomic E-state index is 13.5. The lowest BCUT2D eigenvalue weighted by molar-refractivity contribution is 0.0462. The molecule has 2 aliphatic rings. The van der Waals surface area contributed by atoms with Gasteiger partial charge in [0, 0.05) is 24.3 Å². The molecule has 3 rings (SSSR count). The van der Waals surface area contributed by atoms with E-state index in [0.717, 1.165) is 12.8 Å². The van der Waals surface area contributed by atoms with Crippen molar-refractivity contribution in [1.29, 1.82) is 0 Å². The maximum Gasteiger partial charge on any atom is 0.256 e. The van der Waals surface area contributed by atoms with Crippen molar-refractivity contribution >= 4 is 5.91 Å². The average Bonchev–Trinajstić information content (AvgIpc) is 2.40. The van der Waals surface area contributed by atoms with Crippen molar-refractivity contribution in [3.63, 3.8) is 0 Å². The smallest absolute Gasteiger partial charge is 0.256 e. The first-order valence-corrected chi connectivity index (χ1v) is 7.28. The third-order valence-electron chi connectivity index (χ3n) is 4.68. The SMILES string of the molecule is CN1C2CCCC1CC(NC(=O)c1cccnc1F)C2. The van der Waals surface area contributed by atoms with Crippen molar-refractivity contribution in [2.45, 2.75) is 50.2 Å². The molecule has 1 aromatic heterocycles. The molecule has 2 saturated heterocycles.